The first-order chi connectivity index (χ1) is 14.0. The molecule has 2 aromatic rings. The average molecular weight is 427 g/mol. The molecule has 0 saturated carbocycles. The smallest absolute Gasteiger partial charge is 0.475 e. The molecule has 7 nitrogen and oxygen atoms in total. The number of alkyl halides is 3. The van der Waals surface area contributed by atoms with E-state index in [4.69, 9.17) is 14.3 Å². The van der Waals surface area contributed by atoms with Crippen molar-refractivity contribution in [3.8, 4) is 0 Å². The van der Waals surface area contributed by atoms with Gasteiger partial charge in [-0.2, -0.15) is 13.2 Å². The van der Waals surface area contributed by atoms with Gasteiger partial charge < -0.3 is 14.8 Å². The van der Waals surface area contributed by atoms with Crippen LogP contribution in [0.1, 0.15) is 47.1 Å². The zero-order valence-electron chi connectivity index (χ0n) is 16.9. The predicted molar refractivity (Wildman–Crippen MR) is 102 cm³/mol. The van der Waals surface area contributed by atoms with Crippen molar-refractivity contribution in [3.05, 3.63) is 52.7 Å². The topological polar surface area (TPSA) is 95.7 Å². The van der Waals surface area contributed by atoms with Crippen molar-refractivity contribution < 1.29 is 32.3 Å². The van der Waals surface area contributed by atoms with Gasteiger partial charge in [-0.3, -0.25) is 9.69 Å². The molecule has 0 atom stereocenters. The number of carbonyl (C=O) groups is 2. The molecule has 1 aromatic heterocycles. The summed E-state index contributed by atoms with van der Waals surface area (Å²) in [4.78, 5) is 27.6. The third-order valence-electron chi connectivity index (χ3n) is 4.32. The molecule has 0 saturated heterocycles. The van der Waals surface area contributed by atoms with Crippen LogP contribution in [0.25, 0.3) is 0 Å². The number of hydrogen-bond acceptors (Lipinski definition) is 5. The Hall–Kier alpha value is -2.88. The van der Waals surface area contributed by atoms with Gasteiger partial charge in [0.1, 0.15) is 5.76 Å². The van der Waals surface area contributed by atoms with Gasteiger partial charge in [-0.15, -0.1) is 0 Å². The van der Waals surface area contributed by atoms with Crippen LogP contribution in [-0.2, 0) is 24.3 Å². The highest BCUT2D eigenvalue weighted by molar-refractivity contribution is 5.89. The maximum Gasteiger partial charge on any atom is 0.490 e. The lowest BCUT2D eigenvalue weighted by Gasteiger charge is -2.25. The molecule has 1 aliphatic rings. The number of hydrogen-bond donors (Lipinski definition) is 2. The minimum Gasteiger partial charge on any atom is -0.475 e. The summed E-state index contributed by atoms with van der Waals surface area (Å²) in [5.41, 5.74) is 3.52. The monoisotopic (exact) mass is 427 g/mol. The first-order valence-corrected chi connectivity index (χ1v) is 9.33. The lowest BCUT2D eigenvalue weighted by Crippen LogP contribution is -2.30. The number of carboxylic acids is 1. The quantitative estimate of drug-likeness (QED) is 0.777. The molecular weight excluding hydrogens is 403 g/mol. The number of fused-ring (bicyclic) bond motifs is 1. The minimum absolute atomic E-state index is 0.0731. The number of aryl methyl sites for hydroxylation is 1. The first-order valence-electron chi connectivity index (χ1n) is 9.33. The Balaban J connectivity index is 0.000000396. The Labute approximate surface area is 171 Å². The molecule has 0 unspecified atom stereocenters. The van der Waals surface area contributed by atoms with E-state index in [1.165, 1.54) is 11.1 Å². The van der Waals surface area contributed by atoms with Gasteiger partial charge in [0.25, 0.3) is 5.89 Å². The summed E-state index contributed by atoms with van der Waals surface area (Å²) in [6, 6.07) is 8.50. The largest absolute Gasteiger partial charge is 0.490 e. The van der Waals surface area contributed by atoms with Gasteiger partial charge in [0.15, 0.2) is 0 Å². The summed E-state index contributed by atoms with van der Waals surface area (Å²) in [6.45, 7) is 8.51. The number of nitrogens with zero attached hydrogens (tertiary/aromatic N) is 2. The normalized spacial score (nSPS) is 14.0. The number of aliphatic carboxylic acids is 1. The third-order valence-corrected chi connectivity index (χ3v) is 4.32. The summed E-state index contributed by atoms with van der Waals surface area (Å²) in [6.07, 6.45) is -4.29. The molecule has 0 bridgehead atoms. The molecule has 30 heavy (non-hydrogen) atoms. The molecule has 3 rings (SSSR count). The number of aromatic nitrogens is 1. The highest BCUT2D eigenvalue weighted by Gasteiger charge is 2.38. The number of benzene rings is 1. The standard InChI is InChI=1S/C18H23N3O2.C2HF3O2/c1-12(2)19-17(22)18-20-15-11-21(9-8-16(15)23-18)10-14-7-5-4-6-13(14)3;3-2(4,5)1(6)7/h4-7,12H,8-11H2,1-3H3,(H,19,22);(H,6,7). The average Bonchev–Trinajstić information content (AvgIpc) is 3.06. The Bertz CT molecular complexity index is 894. The number of carboxylic acid groups (broad SMARTS) is 1. The second kappa shape index (κ2) is 9.75. The molecule has 2 N–H and O–H groups in total. The highest BCUT2D eigenvalue weighted by atomic mass is 19.4. The van der Waals surface area contributed by atoms with Crippen LogP contribution in [0.15, 0.2) is 28.7 Å². The molecule has 1 amide bonds. The Morgan fingerprint density at radius 1 is 1.30 bits per heavy atom. The maximum absolute atomic E-state index is 12.0. The van der Waals surface area contributed by atoms with Crippen molar-refractivity contribution in [3.63, 3.8) is 0 Å². The summed E-state index contributed by atoms with van der Waals surface area (Å²) < 4.78 is 37.4. The van der Waals surface area contributed by atoms with E-state index in [1.807, 2.05) is 13.8 Å². The van der Waals surface area contributed by atoms with E-state index in [9.17, 15) is 18.0 Å². The maximum atomic E-state index is 12.0. The van der Waals surface area contributed by atoms with Crippen molar-refractivity contribution in [1.29, 1.82) is 0 Å². The van der Waals surface area contributed by atoms with Crippen molar-refractivity contribution in [2.75, 3.05) is 6.54 Å². The van der Waals surface area contributed by atoms with Crippen LogP contribution in [-0.4, -0.2) is 45.6 Å². The molecule has 164 valence electrons. The lowest BCUT2D eigenvalue weighted by atomic mass is 10.1. The minimum atomic E-state index is -5.08. The summed E-state index contributed by atoms with van der Waals surface area (Å²) in [5.74, 6) is -1.96. The van der Waals surface area contributed by atoms with Crippen molar-refractivity contribution >= 4 is 11.9 Å². The van der Waals surface area contributed by atoms with E-state index in [0.717, 1.165) is 37.5 Å². The highest BCUT2D eigenvalue weighted by Crippen LogP contribution is 2.22. The molecule has 1 aromatic carbocycles. The molecule has 0 fully saturated rings. The van der Waals surface area contributed by atoms with Crippen LogP contribution in [0.2, 0.25) is 0 Å². The van der Waals surface area contributed by atoms with Crippen LogP contribution in [0.4, 0.5) is 13.2 Å². The SMILES string of the molecule is Cc1ccccc1CN1CCc2oc(C(=O)NC(C)C)nc2C1.O=C(O)C(F)(F)F. The second-order valence-electron chi connectivity index (χ2n) is 7.21. The molecular formula is C20H24F3N3O4. The van der Waals surface area contributed by atoms with Crippen LogP contribution in [0.3, 0.4) is 0 Å². The van der Waals surface area contributed by atoms with Crippen molar-refractivity contribution in [1.82, 2.24) is 15.2 Å². The summed E-state index contributed by atoms with van der Waals surface area (Å²) in [7, 11) is 0. The Morgan fingerprint density at radius 3 is 2.50 bits per heavy atom. The third kappa shape index (κ3) is 6.58. The number of oxazole rings is 1. The fourth-order valence-electron chi connectivity index (χ4n) is 2.84. The van der Waals surface area contributed by atoms with E-state index in [1.54, 1.807) is 0 Å². The van der Waals surface area contributed by atoms with Crippen LogP contribution >= 0.6 is 0 Å². The van der Waals surface area contributed by atoms with Gasteiger partial charge in [0, 0.05) is 32.1 Å². The molecule has 10 heteroatoms. The zero-order valence-corrected chi connectivity index (χ0v) is 16.9. The molecule has 2 heterocycles. The number of carbonyl (C=O) groups excluding carboxylic acids is 1. The fraction of sp³-hybridized carbons (Fsp3) is 0.450. The van der Waals surface area contributed by atoms with E-state index >= 15 is 0 Å². The van der Waals surface area contributed by atoms with Crippen LogP contribution in [0, 0.1) is 6.92 Å². The molecule has 1 aliphatic heterocycles. The van der Waals surface area contributed by atoms with Crippen LogP contribution in [0.5, 0.6) is 0 Å². The van der Waals surface area contributed by atoms with Gasteiger partial charge in [-0.1, -0.05) is 24.3 Å². The van der Waals surface area contributed by atoms with Crippen LogP contribution < -0.4 is 5.32 Å². The van der Waals surface area contributed by atoms with E-state index in [0.29, 0.717) is 0 Å². The first kappa shape index (κ1) is 23.4. The molecule has 0 radical (unpaired) electrons. The number of halogens is 3. The van der Waals surface area contributed by atoms with Crippen molar-refractivity contribution in [2.45, 2.75) is 52.5 Å². The van der Waals surface area contributed by atoms with Gasteiger partial charge in [0.2, 0.25) is 0 Å². The number of rotatable bonds is 4. The van der Waals surface area contributed by atoms with Gasteiger partial charge >= 0.3 is 18.1 Å². The second-order valence-corrected chi connectivity index (χ2v) is 7.21. The molecule has 0 spiro atoms. The summed E-state index contributed by atoms with van der Waals surface area (Å²) >= 11 is 0. The lowest BCUT2D eigenvalue weighted by molar-refractivity contribution is -0.192. The van der Waals surface area contributed by atoms with Crippen molar-refractivity contribution in [2.24, 2.45) is 0 Å². The summed E-state index contributed by atoms with van der Waals surface area (Å²) in [5, 5.41) is 9.94. The van der Waals surface area contributed by atoms with E-state index in [-0.39, 0.29) is 17.8 Å². The Morgan fingerprint density at radius 2 is 1.93 bits per heavy atom. The van der Waals surface area contributed by atoms with Gasteiger partial charge in [0.05, 0.1) is 5.69 Å². The van der Waals surface area contributed by atoms with E-state index < -0.39 is 12.1 Å². The zero-order chi connectivity index (χ0) is 22.5. The number of amides is 1. The predicted octanol–water partition coefficient (Wildman–Crippen LogP) is 3.31. The fourth-order valence-corrected chi connectivity index (χ4v) is 2.84. The Kier molecular flexibility index (Phi) is 7.60. The van der Waals surface area contributed by atoms with Gasteiger partial charge in [-0.25, -0.2) is 9.78 Å². The van der Waals surface area contributed by atoms with Gasteiger partial charge in [-0.05, 0) is 31.9 Å². The number of nitrogens with one attached hydrogen (secondary N) is 1. The van der Waals surface area contributed by atoms with E-state index in [2.05, 4.69) is 46.4 Å². The molecule has 0 aliphatic carbocycles.